The molecule has 1 aromatic heterocycles. The first kappa shape index (κ1) is 22.0. The number of benzene rings is 2. The molecular weight excluding hydrogens is 444 g/mol. The Kier molecular flexibility index (Phi) is 5.36. The molecule has 1 aliphatic rings. The molecule has 0 fully saturated rings. The highest BCUT2D eigenvalue weighted by atomic mass is 19.4. The van der Waals surface area contributed by atoms with Crippen molar-refractivity contribution in [1.29, 1.82) is 5.41 Å². The minimum atomic E-state index is -4.73. The van der Waals surface area contributed by atoms with Crippen LogP contribution in [0.1, 0.15) is 11.1 Å². The average molecular weight is 462 g/mol. The fourth-order valence-electron chi connectivity index (χ4n) is 3.44. The van der Waals surface area contributed by atoms with E-state index in [1.807, 2.05) is 0 Å². The zero-order valence-corrected chi connectivity index (χ0v) is 17.1. The highest BCUT2D eigenvalue weighted by Gasteiger charge is 2.33. The Morgan fingerprint density at radius 2 is 1.91 bits per heavy atom. The van der Waals surface area contributed by atoms with Gasteiger partial charge in [0.1, 0.15) is 11.7 Å². The maximum atomic E-state index is 14.4. The number of hydrogen-bond donors (Lipinski definition) is 4. The molecule has 2 heterocycles. The quantitative estimate of drug-likeness (QED) is 0.412. The van der Waals surface area contributed by atoms with Crippen LogP contribution in [0.15, 0.2) is 52.9 Å². The molecule has 33 heavy (non-hydrogen) atoms. The van der Waals surface area contributed by atoms with Crippen molar-refractivity contribution in [3.8, 4) is 0 Å². The van der Waals surface area contributed by atoms with Gasteiger partial charge in [0.15, 0.2) is 5.88 Å². The van der Waals surface area contributed by atoms with Gasteiger partial charge < -0.3 is 25.7 Å². The van der Waals surface area contributed by atoms with E-state index >= 15 is 0 Å². The molecule has 172 valence electrons. The molecule has 5 N–H and O–H groups in total. The Labute approximate surface area is 185 Å². The summed E-state index contributed by atoms with van der Waals surface area (Å²) in [5.41, 5.74) is 4.75. The summed E-state index contributed by atoms with van der Waals surface area (Å²) in [6.07, 6.45) is -4.73. The molecular formula is C21H18F4N6O2. The lowest BCUT2D eigenvalue weighted by atomic mass is 10.1. The van der Waals surface area contributed by atoms with E-state index in [0.29, 0.717) is 46.1 Å². The van der Waals surface area contributed by atoms with E-state index in [4.69, 9.17) is 15.6 Å². The monoisotopic (exact) mass is 462 g/mol. The molecule has 0 saturated carbocycles. The zero-order valence-electron chi connectivity index (χ0n) is 17.1. The number of amidine groups is 1. The van der Waals surface area contributed by atoms with Crippen LogP contribution in [0.2, 0.25) is 0 Å². The minimum absolute atomic E-state index is 0.0578. The molecule has 0 unspecified atom stereocenters. The summed E-state index contributed by atoms with van der Waals surface area (Å²) in [6.45, 7) is 0.212. The number of fused-ring (bicyclic) bond motifs is 1. The third kappa shape index (κ3) is 4.02. The van der Waals surface area contributed by atoms with E-state index in [2.05, 4.69) is 10.6 Å². The molecule has 0 saturated heterocycles. The van der Waals surface area contributed by atoms with Crippen molar-refractivity contribution >= 4 is 40.7 Å². The van der Waals surface area contributed by atoms with E-state index in [0.717, 1.165) is 0 Å². The van der Waals surface area contributed by atoms with Crippen molar-refractivity contribution in [3.63, 3.8) is 0 Å². The Morgan fingerprint density at radius 1 is 1.21 bits per heavy atom. The van der Waals surface area contributed by atoms with Crippen LogP contribution in [0.25, 0.3) is 0 Å². The second-order valence-corrected chi connectivity index (χ2v) is 7.07. The maximum absolute atomic E-state index is 14.4. The fourth-order valence-corrected chi connectivity index (χ4v) is 3.44. The van der Waals surface area contributed by atoms with E-state index in [1.54, 1.807) is 18.0 Å². The number of nitrogens with zero attached hydrogens (tertiary/aromatic N) is 2. The number of nitrogens with one attached hydrogen (secondary N) is 3. The number of carbonyl (C=O) groups excluding carboxylic acids is 1. The number of nitrogens with two attached hydrogens (primary N) is 1. The molecule has 0 spiro atoms. The summed E-state index contributed by atoms with van der Waals surface area (Å²) in [5, 5.41) is 14.4. The van der Waals surface area contributed by atoms with E-state index < -0.39 is 29.3 Å². The largest absolute Gasteiger partial charge is 0.425 e. The predicted octanol–water partition coefficient (Wildman–Crippen LogP) is 4.91. The number of carbonyl (C=O) groups is 1. The molecule has 3 aromatic rings. The number of urea groups is 1. The zero-order chi connectivity index (χ0) is 23.9. The summed E-state index contributed by atoms with van der Waals surface area (Å²) in [4.78, 5) is 14.3. The molecule has 2 aromatic carbocycles. The van der Waals surface area contributed by atoms with Crippen molar-refractivity contribution in [2.24, 2.45) is 5.73 Å². The van der Waals surface area contributed by atoms with Crippen LogP contribution in [0.3, 0.4) is 0 Å². The van der Waals surface area contributed by atoms with Crippen molar-refractivity contribution in [2.75, 3.05) is 34.1 Å². The number of rotatable bonds is 4. The number of hydrogen-bond acceptors (Lipinski definition) is 5. The summed E-state index contributed by atoms with van der Waals surface area (Å²) in [5.74, 6) is 0.0324. The third-order valence-corrected chi connectivity index (χ3v) is 5.06. The first-order chi connectivity index (χ1) is 15.6. The molecule has 12 heteroatoms. The lowest BCUT2D eigenvalue weighted by Gasteiger charge is -2.30. The molecule has 8 nitrogen and oxygen atoms in total. The van der Waals surface area contributed by atoms with Crippen LogP contribution in [-0.4, -0.2) is 25.6 Å². The smallest absolute Gasteiger partial charge is 0.416 e. The van der Waals surface area contributed by atoms with Gasteiger partial charge in [-0.15, -0.1) is 0 Å². The van der Waals surface area contributed by atoms with Gasteiger partial charge in [-0.1, -0.05) is 0 Å². The number of furan rings is 1. The molecule has 0 aliphatic carbocycles. The standard InChI is InChI=1S/C21H18F4N6O2/c1-28-17-9-14-18(26)30(10-29-19(14)33-17)12-3-5-13(6-4-12)31(20(27)32)16-8-11(21(23,24)25)2-7-15(16)22/h2-9,26,28-29H,10H2,1H3,(H2,27,32). The summed E-state index contributed by atoms with van der Waals surface area (Å²) < 4.78 is 59.2. The summed E-state index contributed by atoms with van der Waals surface area (Å²) in [7, 11) is 1.68. The van der Waals surface area contributed by atoms with E-state index in [-0.39, 0.29) is 18.2 Å². The van der Waals surface area contributed by atoms with Gasteiger partial charge in [0.25, 0.3) is 0 Å². The molecule has 0 atom stereocenters. The lowest BCUT2D eigenvalue weighted by molar-refractivity contribution is -0.137. The van der Waals surface area contributed by atoms with Gasteiger partial charge in [-0.25, -0.2) is 9.18 Å². The van der Waals surface area contributed by atoms with Gasteiger partial charge in [0.2, 0.25) is 5.88 Å². The van der Waals surface area contributed by atoms with Gasteiger partial charge in [0, 0.05) is 18.8 Å². The van der Waals surface area contributed by atoms with Crippen LogP contribution in [-0.2, 0) is 6.18 Å². The topological polar surface area (TPSA) is 111 Å². The van der Waals surface area contributed by atoms with E-state index in [9.17, 15) is 22.4 Å². The third-order valence-electron chi connectivity index (χ3n) is 5.06. The van der Waals surface area contributed by atoms with Crippen molar-refractivity contribution < 1.29 is 26.8 Å². The Morgan fingerprint density at radius 3 is 2.52 bits per heavy atom. The van der Waals surface area contributed by atoms with Gasteiger partial charge >= 0.3 is 12.2 Å². The number of primary amides is 1. The first-order valence-electron chi connectivity index (χ1n) is 9.58. The number of alkyl halides is 3. The highest BCUT2D eigenvalue weighted by molar-refractivity contribution is 6.13. The van der Waals surface area contributed by atoms with Gasteiger partial charge in [0.05, 0.1) is 29.2 Å². The molecule has 4 rings (SSSR count). The molecule has 0 radical (unpaired) electrons. The normalized spacial score (nSPS) is 13.4. The Bertz CT molecular complexity index is 1220. The van der Waals surface area contributed by atoms with Gasteiger partial charge in [-0.2, -0.15) is 13.2 Å². The van der Waals surface area contributed by atoms with Crippen LogP contribution in [0.5, 0.6) is 0 Å². The number of halogens is 4. The fraction of sp³-hybridized carbons (Fsp3) is 0.143. The summed E-state index contributed by atoms with van der Waals surface area (Å²) >= 11 is 0. The Hall–Kier alpha value is -4.22. The minimum Gasteiger partial charge on any atom is -0.425 e. The van der Waals surface area contributed by atoms with Crippen molar-refractivity contribution in [2.45, 2.75) is 6.18 Å². The van der Waals surface area contributed by atoms with Crippen molar-refractivity contribution in [1.82, 2.24) is 0 Å². The summed E-state index contributed by atoms with van der Waals surface area (Å²) in [6, 6.07) is 8.12. The van der Waals surface area contributed by atoms with E-state index in [1.165, 1.54) is 24.3 Å². The molecule has 1 aliphatic heterocycles. The average Bonchev–Trinajstić information content (AvgIpc) is 3.20. The van der Waals surface area contributed by atoms with Crippen LogP contribution < -0.4 is 26.2 Å². The van der Waals surface area contributed by atoms with Crippen LogP contribution in [0, 0.1) is 11.2 Å². The van der Waals surface area contributed by atoms with Crippen LogP contribution in [0.4, 0.5) is 51.2 Å². The van der Waals surface area contributed by atoms with Gasteiger partial charge in [-0.3, -0.25) is 10.3 Å². The maximum Gasteiger partial charge on any atom is 0.416 e. The SMILES string of the molecule is CNc1cc2c(o1)NCN(c1ccc(N(C(N)=O)c3cc(C(F)(F)F)ccc3F)cc1)C2=N. The van der Waals surface area contributed by atoms with Gasteiger partial charge in [-0.05, 0) is 42.5 Å². The van der Waals surface area contributed by atoms with Crippen molar-refractivity contribution in [3.05, 3.63) is 65.5 Å². The molecule has 0 bridgehead atoms. The highest BCUT2D eigenvalue weighted by Crippen LogP contribution is 2.36. The second-order valence-electron chi connectivity index (χ2n) is 7.07. The Balaban J connectivity index is 1.66. The predicted molar refractivity (Wildman–Crippen MR) is 116 cm³/mol. The first-order valence-corrected chi connectivity index (χ1v) is 9.58. The lowest BCUT2D eigenvalue weighted by Crippen LogP contribution is -2.39. The second kappa shape index (κ2) is 8.04. The number of anilines is 5. The number of amides is 2. The molecule has 2 amide bonds. The van der Waals surface area contributed by atoms with Crippen LogP contribution >= 0.6 is 0 Å².